The average Bonchev–Trinajstić information content (AvgIpc) is 3.00. The van der Waals surface area contributed by atoms with Crippen LogP contribution in [0.4, 0.5) is 0 Å². The fraction of sp³-hybridized carbons (Fsp3) is 0.250. The number of ether oxygens (including phenoxy) is 1. The highest BCUT2D eigenvalue weighted by atomic mass is 16.5. The predicted octanol–water partition coefficient (Wildman–Crippen LogP) is 2.59. The molecule has 0 saturated carbocycles. The number of nitrogens with one attached hydrogen (secondary N) is 1. The highest BCUT2D eigenvalue weighted by Crippen LogP contribution is 2.24. The SMILES string of the molecule is C=CCNC(=O)CCc1ncc(-c2cccc(OC)c2)o1. The molecule has 2 aromatic rings. The molecule has 0 radical (unpaired) electrons. The van der Waals surface area contributed by atoms with E-state index in [1.807, 2.05) is 24.3 Å². The van der Waals surface area contributed by atoms with Crippen LogP contribution in [-0.2, 0) is 11.2 Å². The summed E-state index contributed by atoms with van der Waals surface area (Å²) in [5, 5.41) is 2.71. The number of oxazole rings is 1. The van der Waals surface area contributed by atoms with Gasteiger partial charge < -0.3 is 14.5 Å². The predicted molar refractivity (Wildman–Crippen MR) is 80.0 cm³/mol. The van der Waals surface area contributed by atoms with E-state index in [0.29, 0.717) is 31.0 Å². The number of methoxy groups -OCH3 is 1. The largest absolute Gasteiger partial charge is 0.497 e. The van der Waals surface area contributed by atoms with Gasteiger partial charge in [-0.3, -0.25) is 4.79 Å². The maximum atomic E-state index is 11.5. The fourth-order valence-electron chi connectivity index (χ4n) is 1.83. The molecule has 5 heteroatoms. The summed E-state index contributed by atoms with van der Waals surface area (Å²) in [6, 6.07) is 7.55. The summed E-state index contributed by atoms with van der Waals surface area (Å²) in [5.41, 5.74) is 0.893. The van der Waals surface area contributed by atoms with Crippen molar-refractivity contribution in [3.05, 3.63) is 49.0 Å². The molecular weight excluding hydrogens is 268 g/mol. The molecule has 0 aliphatic heterocycles. The van der Waals surface area contributed by atoms with E-state index < -0.39 is 0 Å². The Balaban J connectivity index is 1.97. The van der Waals surface area contributed by atoms with Gasteiger partial charge >= 0.3 is 0 Å². The number of amides is 1. The third-order valence-corrected chi connectivity index (χ3v) is 2.92. The summed E-state index contributed by atoms with van der Waals surface area (Å²) in [4.78, 5) is 15.7. The molecule has 0 saturated heterocycles. The van der Waals surface area contributed by atoms with Crippen LogP contribution in [0, 0.1) is 0 Å². The van der Waals surface area contributed by atoms with Crippen LogP contribution in [-0.4, -0.2) is 24.5 Å². The lowest BCUT2D eigenvalue weighted by Gasteiger charge is -2.01. The van der Waals surface area contributed by atoms with Gasteiger partial charge in [-0.25, -0.2) is 4.98 Å². The number of aromatic nitrogens is 1. The molecule has 1 heterocycles. The number of aryl methyl sites for hydroxylation is 1. The third kappa shape index (κ3) is 4.21. The molecule has 2 rings (SSSR count). The standard InChI is InChI=1S/C16H18N2O3/c1-3-9-17-15(19)7-8-16-18-11-14(21-16)12-5-4-6-13(10-12)20-2/h3-6,10-11H,1,7-9H2,2H3,(H,17,19). The molecule has 1 N–H and O–H groups in total. The maximum Gasteiger partial charge on any atom is 0.220 e. The second-order valence-electron chi connectivity index (χ2n) is 4.44. The first kappa shape index (κ1) is 14.8. The monoisotopic (exact) mass is 286 g/mol. The second kappa shape index (κ2) is 7.28. The minimum absolute atomic E-state index is 0.0453. The molecule has 0 aliphatic carbocycles. The summed E-state index contributed by atoms with van der Waals surface area (Å²) in [6.07, 6.45) is 4.11. The topological polar surface area (TPSA) is 64.4 Å². The van der Waals surface area contributed by atoms with E-state index in [2.05, 4.69) is 16.9 Å². The first-order valence-electron chi connectivity index (χ1n) is 6.69. The van der Waals surface area contributed by atoms with Crippen molar-refractivity contribution < 1.29 is 13.9 Å². The van der Waals surface area contributed by atoms with Crippen molar-refractivity contribution in [2.45, 2.75) is 12.8 Å². The van der Waals surface area contributed by atoms with Crippen molar-refractivity contribution in [1.29, 1.82) is 0 Å². The Hall–Kier alpha value is -2.56. The Morgan fingerprint density at radius 1 is 1.52 bits per heavy atom. The van der Waals surface area contributed by atoms with Gasteiger partial charge in [-0.2, -0.15) is 0 Å². The van der Waals surface area contributed by atoms with Gasteiger partial charge in [0.2, 0.25) is 5.91 Å². The van der Waals surface area contributed by atoms with Gasteiger partial charge in [-0.1, -0.05) is 18.2 Å². The van der Waals surface area contributed by atoms with Crippen molar-refractivity contribution in [2.24, 2.45) is 0 Å². The van der Waals surface area contributed by atoms with Gasteiger partial charge in [-0.05, 0) is 12.1 Å². The first-order valence-corrected chi connectivity index (χ1v) is 6.69. The lowest BCUT2D eigenvalue weighted by molar-refractivity contribution is -0.120. The molecule has 0 atom stereocenters. The summed E-state index contributed by atoms with van der Waals surface area (Å²) < 4.78 is 10.8. The Labute approximate surface area is 123 Å². The van der Waals surface area contributed by atoms with Gasteiger partial charge in [0.25, 0.3) is 0 Å². The quantitative estimate of drug-likeness (QED) is 0.795. The summed E-state index contributed by atoms with van der Waals surface area (Å²) in [7, 11) is 1.62. The van der Waals surface area contributed by atoms with Crippen LogP contribution in [0.3, 0.4) is 0 Å². The van der Waals surface area contributed by atoms with Gasteiger partial charge in [0, 0.05) is 24.9 Å². The number of nitrogens with zero attached hydrogens (tertiary/aromatic N) is 1. The van der Waals surface area contributed by atoms with E-state index in [1.165, 1.54) is 0 Å². The number of carbonyl (C=O) groups is 1. The summed E-state index contributed by atoms with van der Waals surface area (Å²) in [6.45, 7) is 4.02. The average molecular weight is 286 g/mol. The number of carbonyl (C=O) groups excluding carboxylic acids is 1. The smallest absolute Gasteiger partial charge is 0.220 e. The van der Waals surface area contributed by atoms with Crippen LogP contribution >= 0.6 is 0 Å². The minimum Gasteiger partial charge on any atom is -0.497 e. The fourth-order valence-corrected chi connectivity index (χ4v) is 1.83. The summed E-state index contributed by atoms with van der Waals surface area (Å²) in [5.74, 6) is 1.92. The van der Waals surface area contributed by atoms with Gasteiger partial charge in [-0.15, -0.1) is 6.58 Å². The zero-order chi connectivity index (χ0) is 15.1. The van der Waals surface area contributed by atoms with E-state index in [4.69, 9.17) is 9.15 Å². The Bertz CT molecular complexity index is 619. The van der Waals surface area contributed by atoms with E-state index in [9.17, 15) is 4.79 Å². The lowest BCUT2D eigenvalue weighted by atomic mass is 10.2. The molecule has 1 amide bonds. The molecule has 21 heavy (non-hydrogen) atoms. The third-order valence-electron chi connectivity index (χ3n) is 2.92. The Kier molecular flexibility index (Phi) is 5.15. The Morgan fingerprint density at radius 3 is 3.14 bits per heavy atom. The molecule has 0 aliphatic rings. The molecular formula is C16H18N2O3. The van der Waals surface area contributed by atoms with Crippen LogP contribution in [0.15, 0.2) is 47.5 Å². The highest BCUT2D eigenvalue weighted by molar-refractivity contribution is 5.76. The maximum absolute atomic E-state index is 11.5. The molecule has 0 fully saturated rings. The van der Waals surface area contributed by atoms with Gasteiger partial charge in [0.05, 0.1) is 13.3 Å². The van der Waals surface area contributed by atoms with E-state index >= 15 is 0 Å². The summed E-state index contributed by atoms with van der Waals surface area (Å²) >= 11 is 0. The highest BCUT2D eigenvalue weighted by Gasteiger charge is 2.09. The number of rotatable bonds is 7. The lowest BCUT2D eigenvalue weighted by Crippen LogP contribution is -2.23. The molecule has 0 bridgehead atoms. The van der Waals surface area contributed by atoms with Crippen molar-refractivity contribution in [1.82, 2.24) is 10.3 Å². The molecule has 1 aromatic heterocycles. The van der Waals surface area contributed by atoms with Crippen LogP contribution < -0.4 is 10.1 Å². The molecule has 5 nitrogen and oxygen atoms in total. The van der Waals surface area contributed by atoms with Crippen LogP contribution in [0.2, 0.25) is 0 Å². The Morgan fingerprint density at radius 2 is 2.38 bits per heavy atom. The van der Waals surface area contributed by atoms with E-state index in [1.54, 1.807) is 19.4 Å². The van der Waals surface area contributed by atoms with Crippen LogP contribution in [0.5, 0.6) is 5.75 Å². The first-order chi connectivity index (χ1) is 10.2. The molecule has 0 unspecified atom stereocenters. The zero-order valence-electron chi connectivity index (χ0n) is 12.0. The minimum atomic E-state index is -0.0453. The van der Waals surface area contributed by atoms with E-state index in [0.717, 1.165) is 11.3 Å². The van der Waals surface area contributed by atoms with Crippen LogP contribution in [0.1, 0.15) is 12.3 Å². The number of hydrogen-bond acceptors (Lipinski definition) is 4. The zero-order valence-corrected chi connectivity index (χ0v) is 12.0. The molecule has 110 valence electrons. The van der Waals surface area contributed by atoms with Crippen LogP contribution in [0.25, 0.3) is 11.3 Å². The van der Waals surface area contributed by atoms with Crippen molar-refractivity contribution in [3.63, 3.8) is 0 Å². The number of benzene rings is 1. The molecule has 0 spiro atoms. The number of hydrogen-bond donors (Lipinski definition) is 1. The van der Waals surface area contributed by atoms with Gasteiger partial charge in [0.15, 0.2) is 11.7 Å². The van der Waals surface area contributed by atoms with Crippen molar-refractivity contribution >= 4 is 5.91 Å². The van der Waals surface area contributed by atoms with Gasteiger partial charge in [0.1, 0.15) is 5.75 Å². The normalized spacial score (nSPS) is 10.1. The van der Waals surface area contributed by atoms with E-state index in [-0.39, 0.29) is 5.91 Å². The second-order valence-corrected chi connectivity index (χ2v) is 4.44. The van der Waals surface area contributed by atoms with Crippen molar-refractivity contribution in [3.8, 4) is 17.1 Å². The molecule has 1 aromatic carbocycles. The van der Waals surface area contributed by atoms with Crippen molar-refractivity contribution in [2.75, 3.05) is 13.7 Å².